The highest BCUT2D eigenvalue weighted by Crippen LogP contribution is 2.41. The second-order valence-electron chi connectivity index (χ2n) is 8.98. The van der Waals surface area contributed by atoms with Gasteiger partial charge in [0.05, 0.1) is 11.4 Å². The van der Waals surface area contributed by atoms with Crippen molar-refractivity contribution in [2.75, 3.05) is 5.01 Å². The van der Waals surface area contributed by atoms with Gasteiger partial charge in [-0.2, -0.15) is 0 Å². The van der Waals surface area contributed by atoms with Crippen LogP contribution in [0.4, 0.5) is 5.69 Å². The van der Waals surface area contributed by atoms with E-state index in [0.717, 1.165) is 28.9 Å². The van der Waals surface area contributed by atoms with Gasteiger partial charge in [-0.1, -0.05) is 60.1 Å². The van der Waals surface area contributed by atoms with Crippen LogP contribution in [0.2, 0.25) is 5.02 Å². The minimum absolute atomic E-state index is 0.0787. The van der Waals surface area contributed by atoms with Crippen LogP contribution in [0.1, 0.15) is 29.7 Å². The van der Waals surface area contributed by atoms with Crippen molar-refractivity contribution in [3.8, 4) is 5.69 Å². The number of para-hydroxylation sites is 1. The predicted octanol–water partition coefficient (Wildman–Crippen LogP) is 4.86. The summed E-state index contributed by atoms with van der Waals surface area (Å²) in [5.74, 6) is -0.503. The number of aromatic amines is 1. The number of hydrogen-bond donors (Lipinski definition) is 2. The fourth-order valence-electron chi connectivity index (χ4n) is 5.27. The highest BCUT2D eigenvalue weighted by Gasteiger charge is 2.46. The molecule has 1 fully saturated rings. The number of nitrogens with one attached hydrogen (secondary N) is 2. The molecule has 2 N–H and O–H groups in total. The summed E-state index contributed by atoms with van der Waals surface area (Å²) < 4.78 is 1.58. The molecule has 0 amide bonds. The van der Waals surface area contributed by atoms with Crippen molar-refractivity contribution in [3.05, 3.63) is 117 Å². The molecule has 0 aliphatic carbocycles. The van der Waals surface area contributed by atoms with E-state index in [1.54, 1.807) is 4.68 Å². The lowest BCUT2D eigenvalue weighted by molar-refractivity contribution is -0.109. The van der Waals surface area contributed by atoms with Crippen LogP contribution in [0, 0.1) is 12.8 Å². The Morgan fingerprint density at radius 1 is 0.914 bits per heavy atom. The van der Waals surface area contributed by atoms with E-state index < -0.39 is 6.04 Å². The van der Waals surface area contributed by atoms with Crippen molar-refractivity contribution in [2.24, 2.45) is 5.92 Å². The van der Waals surface area contributed by atoms with Crippen molar-refractivity contribution in [1.29, 1.82) is 0 Å². The smallest absolute Gasteiger partial charge is 0.275 e. The predicted molar refractivity (Wildman–Crippen MR) is 139 cm³/mol. The molecule has 2 heterocycles. The van der Waals surface area contributed by atoms with Crippen LogP contribution in [0.15, 0.2) is 89.7 Å². The number of carbonyl (C=O) groups is 1. The first kappa shape index (κ1) is 23.1. The summed E-state index contributed by atoms with van der Waals surface area (Å²) in [5.41, 5.74) is 7.44. The lowest BCUT2D eigenvalue weighted by Gasteiger charge is -2.30. The molecule has 1 aromatic heterocycles. The normalized spacial score (nSPS) is 20.7. The molecule has 6 nitrogen and oxygen atoms in total. The average Bonchev–Trinajstić information content (AvgIpc) is 3.37. The van der Waals surface area contributed by atoms with E-state index in [9.17, 15) is 9.59 Å². The molecule has 5 rings (SSSR count). The lowest BCUT2D eigenvalue weighted by Crippen LogP contribution is -2.41. The third-order valence-electron chi connectivity index (χ3n) is 6.84. The van der Waals surface area contributed by atoms with Gasteiger partial charge in [0.15, 0.2) is 0 Å². The second-order valence-corrected chi connectivity index (χ2v) is 9.42. The SMILES string of the molecule is Cc1[nH]n(-c2ccccc2)c(=O)c1C(c1ccccc1)C1C(C)NN(c2ccc(Cl)cc2)C1C=O. The van der Waals surface area contributed by atoms with Crippen molar-refractivity contribution < 1.29 is 4.79 Å². The number of anilines is 1. The van der Waals surface area contributed by atoms with Crippen LogP contribution in [-0.4, -0.2) is 28.2 Å². The van der Waals surface area contributed by atoms with Gasteiger partial charge >= 0.3 is 0 Å². The zero-order valence-electron chi connectivity index (χ0n) is 19.6. The number of halogens is 1. The zero-order chi connectivity index (χ0) is 24.5. The largest absolute Gasteiger partial charge is 0.301 e. The minimum atomic E-state index is -0.491. The Morgan fingerprint density at radius 3 is 2.17 bits per heavy atom. The number of aryl methyl sites for hydroxylation is 1. The first-order chi connectivity index (χ1) is 17.0. The molecule has 4 aromatic rings. The van der Waals surface area contributed by atoms with Crippen LogP contribution in [0.5, 0.6) is 0 Å². The van der Waals surface area contributed by atoms with E-state index in [2.05, 4.69) is 17.4 Å². The summed E-state index contributed by atoms with van der Waals surface area (Å²) in [4.78, 5) is 26.4. The van der Waals surface area contributed by atoms with Crippen molar-refractivity contribution in [3.63, 3.8) is 0 Å². The summed E-state index contributed by atoms with van der Waals surface area (Å²) in [6.07, 6.45) is 0.976. The van der Waals surface area contributed by atoms with Gasteiger partial charge in [0.2, 0.25) is 0 Å². The van der Waals surface area contributed by atoms with Crippen LogP contribution >= 0.6 is 11.6 Å². The minimum Gasteiger partial charge on any atom is -0.301 e. The number of rotatable bonds is 6. The maximum Gasteiger partial charge on any atom is 0.275 e. The van der Waals surface area contributed by atoms with E-state index in [1.807, 2.05) is 96.9 Å². The van der Waals surface area contributed by atoms with Crippen LogP contribution in [0.25, 0.3) is 5.69 Å². The summed E-state index contributed by atoms with van der Waals surface area (Å²) >= 11 is 6.10. The number of hydrazine groups is 1. The Morgan fingerprint density at radius 2 is 1.54 bits per heavy atom. The molecular weight excluding hydrogens is 460 g/mol. The molecular formula is C28H27ClN4O2. The molecule has 0 saturated carbocycles. The Labute approximate surface area is 209 Å². The summed E-state index contributed by atoms with van der Waals surface area (Å²) in [6.45, 7) is 3.98. The highest BCUT2D eigenvalue weighted by molar-refractivity contribution is 6.30. The van der Waals surface area contributed by atoms with Crippen LogP contribution in [0.3, 0.4) is 0 Å². The highest BCUT2D eigenvalue weighted by atomic mass is 35.5. The molecule has 7 heteroatoms. The molecule has 0 bridgehead atoms. The quantitative estimate of drug-likeness (QED) is 0.382. The third-order valence-corrected chi connectivity index (χ3v) is 7.09. The molecule has 4 atom stereocenters. The first-order valence-corrected chi connectivity index (χ1v) is 12.1. The molecule has 4 unspecified atom stereocenters. The Kier molecular flexibility index (Phi) is 6.32. The summed E-state index contributed by atoms with van der Waals surface area (Å²) in [5, 5.41) is 5.79. The Balaban J connectivity index is 1.65. The van der Waals surface area contributed by atoms with Gasteiger partial charge in [-0.05, 0) is 55.8 Å². The van der Waals surface area contributed by atoms with E-state index in [-0.39, 0.29) is 23.4 Å². The van der Waals surface area contributed by atoms with Crippen molar-refractivity contribution in [2.45, 2.75) is 31.8 Å². The first-order valence-electron chi connectivity index (χ1n) is 11.7. The molecule has 0 spiro atoms. The fourth-order valence-corrected chi connectivity index (χ4v) is 5.40. The lowest BCUT2D eigenvalue weighted by atomic mass is 9.75. The van der Waals surface area contributed by atoms with Crippen molar-refractivity contribution in [1.82, 2.24) is 15.2 Å². The summed E-state index contributed by atoms with van der Waals surface area (Å²) in [7, 11) is 0. The number of aldehydes is 1. The van der Waals surface area contributed by atoms with Gasteiger partial charge in [0, 0.05) is 34.2 Å². The Bertz CT molecular complexity index is 1370. The number of hydrogen-bond acceptors (Lipinski definition) is 4. The van der Waals surface area contributed by atoms with Gasteiger partial charge in [-0.25, -0.2) is 10.1 Å². The second kappa shape index (κ2) is 9.56. The van der Waals surface area contributed by atoms with Gasteiger partial charge < -0.3 is 4.79 Å². The molecule has 3 aromatic carbocycles. The van der Waals surface area contributed by atoms with Gasteiger partial charge in [0.25, 0.3) is 5.56 Å². The zero-order valence-corrected chi connectivity index (χ0v) is 20.3. The topological polar surface area (TPSA) is 70.1 Å². The number of nitrogens with zero attached hydrogens (tertiary/aromatic N) is 2. The van der Waals surface area contributed by atoms with E-state index in [1.165, 1.54) is 0 Å². The molecule has 35 heavy (non-hydrogen) atoms. The number of benzene rings is 3. The molecule has 178 valence electrons. The van der Waals surface area contributed by atoms with Gasteiger partial charge in [-0.15, -0.1) is 0 Å². The molecule has 1 aliphatic rings. The maximum absolute atomic E-state index is 13.8. The average molecular weight is 487 g/mol. The fraction of sp³-hybridized carbons (Fsp3) is 0.214. The third kappa shape index (κ3) is 4.20. The summed E-state index contributed by atoms with van der Waals surface area (Å²) in [6, 6.07) is 26.3. The Hall–Kier alpha value is -3.61. The van der Waals surface area contributed by atoms with E-state index in [4.69, 9.17) is 11.6 Å². The molecule has 1 aliphatic heterocycles. The number of carbonyl (C=O) groups excluding carboxylic acids is 1. The van der Waals surface area contributed by atoms with Gasteiger partial charge in [0.1, 0.15) is 12.3 Å². The number of aromatic nitrogens is 2. The molecule has 1 saturated heterocycles. The van der Waals surface area contributed by atoms with E-state index >= 15 is 0 Å². The van der Waals surface area contributed by atoms with Gasteiger partial charge in [-0.3, -0.25) is 14.9 Å². The van der Waals surface area contributed by atoms with Crippen LogP contribution < -0.4 is 16.0 Å². The monoisotopic (exact) mass is 486 g/mol. The number of H-pyrrole nitrogens is 1. The van der Waals surface area contributed by atoms with Crippen LogP contribution in [-0.2, 0) is 4.79 Å². The maximum atomic E-state index is 13.8. The standard InChI is InChI=1S/C28H27ClN4O2/c1-18-25(24(17-34)32(30-18)23-15-13-21(29)14-16-23)27(20-9-5-3-6-10-20)26-19(2)31-33(28(26)35)22-11-7-4-8-12-22/h3-18,24-25,27,30-31H,1-2H3. The van der Waals surface area contributed by atoms with Crippen molar-refractivity contribution >= 4 is 23.6 Å². The molecule has 0 radical (unpaired) electrons. The van der Waals surface area contributed by atoms with E-state index in [0.29, 0.717) is 10.6 Å².